The van der Waals surface area contributed by atoms with Gasteiger partial charge in [-0.3, -0.25) is 0 Å². The molecule has 35 heavy (non-hydrogen) atoms. The van der Waals surface area contributed by atoms with Crippen molar-refractivity contribution in [3.05, 3.63) is 96.2 Å². The van der Waals surface area contributed by atoms with Gasteiger partial charge >= 0.3 is 0 Å². The molecule has 6 aliphatic rings. The number of hydrogen-bond donors (Lipinski definition) is 0. The first-order chi connectivity index (χ1) is 16.4. The van der Waals surface area contributed by atoms with E-state index in [1.807, 2.05) is 0 Å². The highest BCUT2D eigenvalue weighted by molar-refractivity contribution is 5.51. The first-order valence-corrected chi connectivity index (χ1v) is 13.8. The maximum absolute atomic E-state index is 2.71. The Kier molecular flexibility index (Phi) is 4.41. The molecule has 0 aliphatic heterocycles. The van der Waals surface area contributed by atoms with Crippen molar-refractivity contribution in [1.29, 1.82) is 0 Å². The van der Waals surface area contributed by atoms with Gasteiger partial charge in [-0.15, -0.1) is 0 Å². The van der Waals surface area contributed by atoms with E-state index in [-0.39, 0.29) is 37.9 Å². The summed E-state index contributed by atoms with van der Waals surface area (Å²) in [4.78, 5) is 0. The van der Waals surface area contributed by atoms with Crippen LogP contribution in [0.2, 0.25) is 0 Å². The molecule has 0 heterocycles. The Morgan fingerprint density at radius 1 is 0.686 bits per heavy atom. The van der Waals surface area contributed by atoms with Gasteiger partial charge in [-0.25, -0.2) is 0 Å². The van der Waals surface area contributed by atoms with Crippen LogP contribution in [-0.4, -0.2) is 0 Å². The van der Waals surface area contributed by atoms with Crippen LogP contribution in [0.1, 0.15) is 68.2 Å². The number of hydrogen-bond acceptors (Lipinski definition) is 0. The van der Waals surface area contributed by atoms with E-state index in [1.54, 1.807) is 11.1 Å². The molecule has 0 aromatic heterocycles. The molecule has 0 aromatic rings. The summed E-state index contributed by atoms with van der Waals surface area (Å²) in [7, 11) is 0. The number of allylic oxidation sites excluding steroid dienone is 16. The van der Waals surface area contributed by atoms with Crippen LogP contribution in [-0.2, 0) is 0 Å². The molecule has 0 amide bonds. The normalized spacial score (nSPS) is 54.7. The molecule has 2 fully saturated rings. The molecule has 0 heteroatoms. The topological polar surface area (TPSA) is 0 Å². The molecule has 2 saturated carbocycles. The lowest BCUT2D eigenvalue weighted by Crippen LogP contribution is -2.75. The Hall–Kier alpha value is -2.08. The van der Waals surface area contributed by atoms with Gasteiger partial charge in [0.05, 0.1) is 0 Å². The van der Waals surface area contributed by atoms with Crippen molar-refractivity contribution < 1.29 is 0 Å². The SMILES string of the molecule is CC1=CC=CC2C(CC3=CC=CC3)C3(C)C4(C)C=CC=CC4(C)C4(C)C=CC=CC4(C)C3(C)C12C. The molecule has 0 radical (unpaired) electrons. The zero-order valence-corrected chi connectivity index (χ0v) is 23.2. The molecule has 6 aliphatic carbocycles. The van der Waals surface area contributed by atoms with Gasteiger partial charge in [-0.1, -0.05) is 145 Å². The van der Waals surface area contributed by atoms with E-state index >= 15 is 0 Å². The molecule has 184 valence electrons. The Morgan fingerprint density at radius 3 is 1.86 bits per heavy atom. The van der Waals surface area contributed by atoms with Crippen LogP contribution in [0.4, 0.5) is 0 Å². The fourth-order valence-corrected chi connectivity index (χ4v) is 11.2. The van der Waals surface area contributed by atoms with Crippen LogP contribution in [0.15, 0.2) is 96.2 Å². The van der Waals surface area contributed by atoms with Crippen molar-refractivity contribution in [3.63, 3.8) is 0 Å². The predicted molar refractivity (Wildman–Crippen MR) is 150 cm³/mol. The highest BCUT2D eigenvalue weighted by Crippen LogP contribution is 2.91. The largest absolute Gasteiger partial charge is 0.0805 e. The summed E-state index contributed by atoms with van der Waals surface area (Å²) in [6, 6.07) is 0. The molecular weight excluding hydrogens is 420 g/mol. The van der Waals surface area contributed by atoms with E-state index < -0.39 is 0 Å². The standard InChI is InChI=1S/C35H44/c1-25-16-15-19-27-28(24-26-17-9-10-18-26)34(7)31(4)22-13-11-20-29(31,2)30(3)21-12-14-23-32(30,5)35(34,8)33(25,27)6/h9-17,19-23,27-28H,18,24H2,1-8H3. The monoisotopic (exact) mass is 464 g/mol. The van der Waals surface area contributed by atoms with E-state index in [2.05, 4.69) is 140 Å². The molecule has 0 saturated heterocycles. The summed E-state index contributed by atoms with van der Waals surface area (Å²) in [5, 5.41) is 0. The van der Waals surface area contributed by atoms with Gasteiger partial charge in [0.15, 0.2) is 0 Å². The second-order valence-electron chi connectivity index (χ2n) is 13.8. The van der Waals surface area contributed by atoms with Crippen LogP contribution >= 0.6 is 0 Å². The molecule has 0 spiro atoms. The molecule has 0 bridgehead atoms. The highest BCUT2D eigenvalue weighted by atomic mass is 14.9. The van der Waals surface area contributed by atoms with Crippen molar-refractivity contribution in [2.45, 2.75) is 68.2 Å². The van der Waals surface area contributed by atoms with Crippen molar-refractivity contribution in [2.24, 2.45) is 49.7 Å². The van der Waals surface area contributed by atoms with Gasteiger partial charge in [0.25, 0.3) is 0 Å². The van der Waals surface area contributed by atoms with Gasteiger partial charge in [0, 0.05) is 27.1 Å². The lowest BCUT2D eigenvalue weighted by atomic mass is 9.23. The third-order valence-electron chi connectivity index (χ3n) is 14.0. The minimum absolute atomic E-state index is 0.000983. The first-order valence-electron chi connectivity index (χ1n) is 13.8. The molecule has 9 atom stereocenters. The van der Waals surface area contributed by atoms with E-state index in [1.165, 1.54) is 6.42 Å². The van der Waals surface area contributed by atoms with Crippen molar-refractivity contribution in [1.82, 2.24) is 0 Å². The van der Waals surface area contributed by atoms with E-state index in [0.29, 0.717) is 11.8 Å². The third-order valence-corrected chi connectivity index (χ3v) is 14.0. The molecule has 6 rings (SSSR count). The number of rotatable bonds is 2. The summed E-state index contributed by atoms with van der Waals surface area (Å²) in [6.45, 7) is 20.9. The van der Waals surface area contributed by atoms with Crippen molar-refractivity contribution in [3.8, 4) is 0 Å². The zero-order chi connectivity index (χ0) is 25.1. The maximum atomic E-state index is 2.71. The molecule has 0 N–H and O–H groups in total. The van der Waals surface area contributed by atoms with Crippen LogP contribution in [0.25, 0.3) is 0 Å². The van der Waals surface area contributed by atoms with Gasteiger partial charge in [-0.2, -0.15) is 0 Å². The maximum Gasteiger partial charge on any atom is 0.00475 e. The van der Waals surface area contributed by atoms with Crippen LogP contribution in [0.5, 0.6) is 0 Å². The minimum Gasteiger partial charge on any atom is -0.0805 e. The van der Waals surface area contributed by atoms with E-state index in [9.17, 15) is 0 Å². The van der Waals surface area contributed by atoms with Crippen molar-refractivity contribution in [2.75, 3.05) is 0 Å². The quantitative estimate of drug-likeness (QED) is 0.382. The third kappa shape index (κ3) is 2.05. The van der Waals surface area contributed by atoms with Gasteiger partial charge in [0.2, 0.25) is 0 Å². The molecule has 0 nitrogen and oxygen atoms in total. The molecule has 9 unspecified atom stereocenters. The van der Waals surface area contributed by atoms with E-state index in [0.717, 1.165) is 6.42 Å². The average molecular weight is 465 g/mol. The van der Waals surface area contributed by atoms with Gasteiger partial charge in [-0.05, 0) is 42.4 Å². The second-order valence-corrected chi connectivity index (χ2v) is 13.8. The Bertz CT molecular complexity index is 1230. The summed E-state index contributed by atoms with van der Waals surface area (Å²) in [5.74, 6) is 1.08. The predicted octanol–water partition coefficient (Wildman–Crippen LogP) is 9.33. The van der Waals surface area contributed by atoms with Crippen molar-refractivity contribution >= 4 is 0 Å². The Labute approximate surface area is 214 Å². The molecule has 0 aromatic carbocycles. The summed E-state index contributed by atoms with van der Waals surface area (Å²) >= 11 is 0. The fourth-order valence-electron chi connectivity index (χ4n) is 11.2. The number of fused-ring (bicyclic) bond motifs is 8. The fraction of sp³-hybridized carbons (Fsp3) is 0.543. The summed E-state index contributed by atoms with van der Waals surface area (Å²) in [5.41, 5.74) is 3.29. The van der Waals surface area contributed by atoms with Gasteiger partial charge in [0.1, 0.15) is 0 Å². The van der Waals surface area contributed by atoms with Crippen LogP contribution in [0, 0.1) is 49.7 Å². The zero-order valence-electron chi connectivity index (χ0n) is 23.2. The smallest absolute Gasteiger partial charge is 0.00475 e. The Morgan fingerprint density at radius 2 is 1.26 bits per heavy atom. The first kappa shape index (κ1) is 23.3. The van der Waals surface area contributed by atoms with E-state index in [4.69, 9.17) is 0 Å². The lowest BCUT2D eigenvalue weighted by molar-refractivity contribution is -0.272. The summed E-state index contributed by atoms with van der Waals surface area (Å²) < 4.78 is 0. The highest BCUT2D eigenvalue weighted by Gasteiger charge is 2.86. The van der Waals surface area contributed by atoms with Gasteiger partial charge < -0.3 is 0 Å². The lowest BCUT2D eigenvalue weighted by Gasteiger charge is -2.80. The summed E-state index contributed by atoms with van der Waals surface area (Å²) in [6.07, 6.45) is 36.5. The Balaban J connectivity index is 1.74. The molecular formula is C35H44. The van der Waals surface area contributed by atoms with Crippen LogP contribution < -0.4 is 0 Å². The average Bonchev–Trinajstić information content (AvgIpc) is 3.39. The minimum atomic E-state index is -0.0168. The second kappa shape index (κ2) is 6.62. The van der Waals surface area contributed by atoms with Crippen LogP contribution in [0.3, 0.4) is 0 Å².